The third kappa shape index (κ3) is 7.49. The van der Waals surface area contributed by atoms with Gasteiger partial charge in [0.2, 0.25) is 10.0 Å². The van der Waals surface area contributed by atoms with Gasteiger partial charge in [-0.15, -0.1) is 0 Å². The molecule has 0 aliphatic heterocycles. The SMILES string of the molecule is COc1ccc(NC(=O)C(C)OC(=O)CNS(=O)(=O)C=Cc2ccccc2)c([N+](=O)[O-])c1. The maximum Gasteiger partial charge on any atom is 0.321 e. The number of nitrogens with one attached hydrogen (secondary N) is 2. The Balaban J connectivity index is 1.91. The molecular formula is C20H21N3O8S. The highest BCUT2D eigenvalue weighted by Gasteiger charge is 2.23. The van der Waals surface area contributed by atoms with E-state index in [1.54, 1.807) is 30.3 Å². The summed E-state index contributed by atoms with van der Waals surface area (Å²) in [5.41, 5.74) is 0.128. The lowest BCUT2D eigenvalue weighted by Crippen LogP contribution is -2.35. The molecule has 2 aromatic carbocycles. The van der Waals surface area contributed by atoms with E-state index in [-0.39, 0.29) is 11.4 Å². The van der Waals surface area contributed by atoms with Crippen LogP contribution in [0.15, 0.2) is 53.9 Å². The molecule has 2 rings (SSSR count). The van der Waals surface area contributed by atoms with Crippen molar-refractivity contribution in [3.8, 4) is 5.75 Å². The number of ether oxygens (including phenoxy) is 2. The molecule has 0 saturated carbocycles. The predicted molar refractivity (Wildman–Crippen MR) is 116 cm³/mol. The number of hydrogen-bond donors (Lipinski definition) is 2. The molecule has 0 fully saturated rings. The molecule has 0 heterocycles. The third-order valence-electron chi connectivity index (χ3n) is 3.99. The minimum atomic E-state index is -3.92. The van der Waals surface area contributed by atoms with Gasteiger partial charge in [0, 0.05) is 5.41 Å². The van der Waals surface area contributed by atoms with Gasteiger partial charge in [-0.2, -0.15) is 0 Å². The third-order valence-corrected chi connectivity index (χ3v) is 5.03. The lowest BCUT2D eigenvalue weighted by Gasteiger charge is -2.14. The Hall–Kier alpha value is -3.77. The van der Waals surface area contributed by atoms with E-state index >= 15 is 0 Å². The summed E-state index contributed by atoms with van der Waals surface area (Å²) >= 11 is 0. The number of methoxy groups -OCH3 is 1. The molecule has 0 spiro atoms. The Morgan fingerprint density at radius 2 is 1.88 bits per heavy atom. The lowest BCUT2D eigenvalue weighted by atomic mass is 10.2. The summed E-state index contributed by atoms with van der Waals surface area (Å²) in [7, 11) is -2.58. The molecule has 11 nitrogen and oxygen atoms in total. The molecule has 0 aromatic heterocycles. The molecule has 2 aromatic rings. The fourth-order valence-electron chi connectivity index (χ4n) is 2.36. The molecule has 12 heteroatoms. The van der Waals surface area contributed by atoms with Crippen LogP contribution in [0.2, 0.25) is 0 Å². The number of nitro groups is 1. The van der Waals surface area contributed by atoms with E-state index in [0.717, 1.165) is 11.5 Å². The zero-order chi connectivity index (χ0) is 23.7. The van der Waals surface area contributed by atoms with E-state index in [1.165, 1.54) is 32.2 Å². The number of amides is 1. The van der Waals surface area contributed by atoms with Crippen molar-refractivity contribution < 1.29 is 32.4 Å². The molecule has 0 radical (unpaired) electrons. The first-order chi connectivity index (χ1) is 15.1. The molecule has 32 heavy (non-hydrogen) atoms. The van der Waals surface area contributed by atoms with Crippen molar-refractivity contribution in [2.45, 2.75) is 13.0 Å². The van der Waals surface area contributed by atoms with Crippen LogP contribution in [0.5, 0.6) is 5.75 Å². The Bertz CT molecular complexity index is 1120. The van der Waals surface area contributed by atoms with Gasteiger partial charge in [0.05, 0.1) is 18.1 Å². The van der Waals surface area contributed by atoms with Crippen LogP contribution in [0.1, 0.15) is 12.5 Å². The number of rotatable bonds is 10. The fraction of sp³-hybridized carbons (Fsp3) is 0.200. The highest BCUT2D eigenvalue weighted by atomic mass is 32.2. The highest BCUT2D eigenvalue weighted by molar-refractivity contribution is 7.92. The maximum absolute atomic E-state index is 12.2. The largest absolute Gasteiger partial charge is 0.496 e. The molecule has 1 atom stereocenters. The van der Waals surface area contributed by atoms with Crippen LogP contribution in [0.4, 0.5) is 11.4 Å². The molecule has 0 saturated heterocycles. The zero-order valence-electron chi connectivity index (χ0n) is 17.2. The zero-order valence-corrected chi connectivity index (χ0v) is 18.0. The second-order valence-corrected chi connectivity index (χ2v) is 7.99. The van der Waals surface area contributed by atoms with Crippen molar-refractivity contribution in [3.63, 3.8) is 0 Å². The molecule has 0 aliphatic rings. The van der Waals surface area contributed by atoms with Gasteiger partial charge in [-0.05, 0) is 30.7 Å². The average molecular weight is 463 g/mol. The number of carbonyl (C=O) groups is 2. The summed E-state index contributed by atoms with van der Waals surface area (Å²) < 4.78 is 35.8. The van der Waals surface area contributed by atoms with Gasteiger partial charge in [-0.3, -0.25) is 19.7 Å². The van der Waals surface area contributed by atoms with Crippen LogP contribution in [0, 0.1) is 10.1 Å². The van der Waals surface area contributed by atoms with Crippen molar-refractivity contribution in [3.05, 3.63) is 69.6 Å². The summed E-state index contributed by atoms with van der Waals surface area (Å²) in [6, 6.07) is 12.5. The summed E-state index contributed by atoms with van der Waals surface area (Å²) in [5, 5.41) is 14.4. The smallest absolute Gasteiger partial charge is 0.321 e. The van der Waals surface area contributed by atoms with E-state index in [4.69, 9.17) is 9.47 Å². The number of hydrogen-bond acceptors (Lipinski definition) is 8. The first kappa shape index (κ1) is 24.5. The van der Waals surface area contributed by atoms with Crippen molar-refractivity contribution in [1.29, 1.82) is 0 Å². The summed E-state index contributed by atoms with van der Waals surface area (Å²) in [4.78, 5) is 34.6. The quantitative estimate of drug-likeness (QED) is 0.308. The van der Waals surface area contributed by atoms with Crippen LogP contribution in [-0.4, -0.2) is 45.0 Å². The van der Waals surface area contributed by atoms with Crippen molar-refractivity contribution in [2.75, 3.05) is 19.0 Å². The number of sulfonamides is 1. The van der Waals surface area contributed by atoms with Gasteiger partial charge in [-0.25, -0.2) is 13.1 Å². The topological polar surface area (TPSA) is 154 Å². The number of nitro benzene ring substituents is 1. The van der Waals surface area contributed by atoms with Crippen molar-refractivity contribution in [1.82, 2.24) is 4.72 Å². The molecule has 2 N–H and O–H groups in total. The normalized spacial score (nSPS) is 12.2. The highest BCUT2D eigenvalue weighted by Crippen LogP contribution is 2.29. The number of anilines is 1. The van der Waals surface area contributed by atoms with Crippen LogP contribution in [0.3, 0.4) is 0 Å². The van der Waals surface area contributed by atoms with Gasteiger partial charge in [-0.1, -0.05) is 30.3 Å². The molecule has 0 aliphatic carbocycles. The number of carbonyl (C=O) groups excluding carboxylic acids is 2. The van der Waals surface area contributed by atoms with Gasteiger partial charge >= 0.3 is 5.97 Å². The molecule has 1 amide bonds. The molecule has 170 valence electrons. The van der Waals surface area contributed by atoms with Gasteiger partial charge in [0.1, 0.15) is 18.0 Å². The number of esters is 1. The van der Waals surface area contributed by atoms with Crippen LogP contribution in [0.25, 0.3) is 6.08 Å². The number of nitrogens with zero attached hydrogens (tertiary/aromatic N) is 1. The monoisotopic (exact) mass is 463 g/mol. The summed E-state index contributed by atoms with van der Waals surface area (Å²) in [6.45, 7) is 0.536. The first-order valence-electron chi connectivity index (χ1n) is 9.17. The Morgan fingerprint density at radius 3 is 2.50 bits per heavy atom. The lowest BCUT2D eigenvalue weighted by molar-refractivity contribution is -0.384. The minimum Gasteiger partial charge on any atom is -0.496 e. The summed E-state index contributed by atoms with van der Waals surface area (Å²) in [5.74, 6) is -1.62. The molecular weight excluding hydrogens is 442 g/mol. The average Bonchev–Trinajstić information content (AvgIpc) is 2.77. The van der Waals surface area contributed by atoms with Crippen LogP contribution in [-0.2, 0) is 24.3 Å². The van der Waals surface area contributed by atoms with Gasteiger partial charge < -0.3 is 14.8 Å². The Labute approximate surface area is 184 Å². The van der Waals surface area contributed by atoms with Crippen molar-refractivity contribution in [2.24, 2.45) is 0 Å². The van der Waals surface area contributed by atoms with E-state index in [0.29, 0.717) is 5.56 Å². The molecule has 0 bridgehead atoms. The standard InChI is InChI=1S/C20H21N3O8S/c1-14(20(25)22-17-9-8-16(30-2)12-18(17)23(26)27)31-19(24)13-21-32(28,29)11-10-15-6-4-3-5-7-15/h3-12,14,21H,13H2,1-2H3,(H,22,25). The van der Waals surface area contributed by atoms with E-state index in [2.05, 4.69) is 5.32 Å². The van der Waals surface area contributed by atoms with E-state index in [9.17, 15) is 28.1 Å². The second kappa shape index (κ2) is 11.0. The predicted octanol–water partition coefficient (Wildman–Crippen LogP) is 2.06. The van der Waals surface area contributed by atoms with Gasteiger partial charge in [0.15, 0.2) is 6.10 Å². The Morgan fingerprint density at radius 1 is 1.19 bits per heavy atom. The minimum absolute atomic E-state index is 0.115. The van der Waals surface area contributed by atoms with Crippen LogP contribution >= 0.6 is 0 Å². The fourth-order valence-corrected chi connectivity index (χ4v) is 3.11. The second-order valence-electron chi connectivity index (χ2n) is 6.34. The summed E-state index contributed by atoms with van der Waals surface area (Å²) in [6.07, 6.45) is 0.0134. The first-order valence-corrected chi connectivity index (χ1v) is 10.7. The molecule has 1 unspecified atom stereocenters. The number of benzene rings is 2. The van der Waals surface area contributed by atoms with Crippen molar-refractivity contribution >= 4 is 39.4 Å². The van der Waals surface area contributed by atoms with Crippen LogP contribution < -0.4 is 14.8 Å². The van der Waals surface area contributed by atoms with Gasteiger partial charge in [0.25, 0.3) is 11.6 Å². The van der Waals surface area contributed by atoms with E-state index in [1.807, 2.05) is 4.72 Å². The Kier molecular flexibility index (Phi) is 8.44. The maximum atomic E-state index is 12.2. The van der Waals surface area contributed by atoms with E-state index < -0.39 is 45.2 Å².